The zero-order valence-corrected chi connectivity index (χ0v) is 18.4. The Morgan fingerprint density at radius 1 is 1.22 bits per heavy atom. The summed E-state index contributed by atoms with van der Waals surface area (Å²) < 4.78 is 18.9. The Morgan fingerprint density at radius 2 is 2.06 bits per heavy atom. The quantitative estimate of drug-likeness (QED) is 0.727. The Morgan fingerprint density at radius 3 is 2.88 bits per heavy atom. The second kappa shape index (κ2) is 7.06. The fourth-order valence-corrected chi connectivity index (χ4v) is 6.45. The van der Waals surface area contributed by atoms with Gasteiger partial charge in [-0.25, -0.2) is 0 Å². The Kier molecular flexibility index (Phi) is 4.36. The molecule has 32 heavy (non-hydrogen) atoms. The molecule has 6 rings (SSSR count). The second-order valence-corrected chi connectivity index (χ2v) is 9.20. The molecule has 2 bridgehead atoms. The molecule has 0 radical (unpaired) electrons. The van der Waals surface area contributed by atoms with Gasteiger partial charge in [0, 0.05) is 11.6 Å². The van der Waals surface area contributed by atoms with Crippen LogP contribution in [0.3, 0.4) is 0 Å². The molecule has 0 N–H and O–H groups in total. The van der Waals surface area contributed by atoms with Gasteiger partial charge in [-0.1, -0.05) is 48.6 Å². The molecule has 0 amide bonds. The predicted octanol–water partition coefficient (Wildman–Crippen LogP) is 3.56. The van der Waals surface area contributed by atoms with Gasteiger partial charge < -0.3 is 14.2 Å². The summed E-state index contributed by atoms with van der Waals surface area (Å²) in [6.07, 6.45) is 8.93. The van der Waals surface area contributed by atoms with Crippen LogP contribution < -0.4 is 9.47 Å². The van der Waals surface area contributed by atoms with Gasteiger partial charge in [0.25, 0.3) is 0 Å². The summed E-state index contributed by atoms with van der Waals surface area (Å²) in [6.45, 7) is 1.35. The molecule has 5 heteroatoms. The Labute approximate surface area is 188 Å². The minimum absolute atomic E-state index is 0.0125. The summed E-state index contributed by atoms with van der Waals surface area (Å²) in [5, 5.41) is 0. The molecule has 4 aliphatic rings. The highest BCUT2D eigenvalue weighted by atomic mass is 16.5. The molecule has 2 aromatic rings. The average molecular weight is 430 g/mol. The molecule has 1 spiro atoms. The van der Waals surface area contributed by atoms with Crippen molar-refractivity contribution in [3.8, 4) is 11.5 Å². The van der Waals surface area contributed by atoms with Gasteiger partial charge in [0.05, 0.1) is 19.1 Å². The zero-order chi connectivity index (χ0) is 21.9. The maximum atomic E-state index is 13.1. The van der Waals surface area contributed by atoms with Gasteiger partial charge in [0.1, 0.15) is 5.60 Å². The number of carbonyl (C=O) groups excluding carboxylic acids is 1. The summed E-state index contributed by atoms with van der Waals surface area (Å²) in [7, 11) is 3.81. The van der Waals surface area contributed by atoms with E-state index in [1.54, 1.807) is 13.2 Å². The van der Waals surface area contributed by atoms with Gasteiger partial charge in [-0.3, -0.25) is 9.69 Å². The average Bonchev–Trinajstić information content (AvgIpc) is 3.18. The van der Waals surface area contributed by atoms with E-state index < -0.39 is 17.1 Å². The van der Waals surface area contributed by atoms with Crippen molar-refractivity contribution in [1.82, 2.24) is 4.90 Å². The van der Waals surface area contributed by atoms with Crippen molar-refractivity contribution in [3.05, 3.63) is 77.4 Å². The van der Waals surface area contributed by atoms with Crippen molar-refractivity contribution < 1.29 is 19.0 Å². The standard InChI is InChI=1S/C27H27NO4/c1-28-15-14-26-23-19-10-11-21(30-2)24(23)32-25(26)20(29)12-13-27(26,22(28)17-19)31-16-6-9-18-7-4-3-5-8-18/h3-13,22,25H,14-17H2,1-2H3/t22-,25+,26+,27-/m1/s1. The van der Waals surface area contributed by atoms with Crippen LogP contribution in [0.4, 0.5) is 0 Å². The number of rotatable bonds is 5. The fraction of sp³-hybridized carbons (Fsp3) is 0.370. The maximum absolute atomic E-state index is 13.1. The van der Waals surface area contributed by atoms with E-state index in [2.05, 4.69) is 42.3 Å². The van der Waals surface area contributed by atoms with Crippen LogP contribution in [0.15, 0.2) is 60.7 Å². The largest absolute Gasteiger partial charge is 0.493 e. The van der Waals surface area contributed by atoms with Crippen LogP contribution in [0.25, 0.3) is 6.08 Å². The number of ketones is 1. The van der Waals surface area contributed by atoms with Crippen molar-refractivity contribution in [2.45, 2.75) is 36.0 Å². The fourth-order valence-electron chi connectivity index (χ4n) is 6.45. The number of likely N-dealkylation sites (tertiary alicyclic amines) is 1. The number of benzene rings is 2. The molecule has 0 saturated carbocycles. The lowest BCUT2D eigenvalue weighted by molar-refractivity contribution is -0.169. The van der Waals surface area contributed by atoms with Gasteiger partial charge in [-0.2, -0.15) is 0 Å². The van der Waals surface area contributed by atoms with E-state index >= 15 is 0 Å². The molecular formula is C27H27NO4. The maximum Gasteiger partial charge on any atom is 0.196 e. The van der Waals surface area contributed by atoms with Crippen molar-refractivity contribution in [3.63, 3.8) is 0 Å². The number of ether oxygens (including phenoxy) is 3. The first kappa shape index (κ1) is 19.8. The van der Waals surface area contributed by atoms with Crippen molar-refractivity contribution in [1.29, 1.82) is 0 Å². The van der Waals surface area contributed by atoms with E-state index in [-0.39, 0.29) is 11.8 Å². The molecule has 5 nitrogen and oxygen atoms in total. The number of likely N-dealkylation sites (N-methyl/N-ethyl adjacent to an activating group) is 1. The SMILES string of the molecule is COc1ccc2c3c1O[C@H]1C(=O)C=C[C@@]4(OCC=Cc5ccccc5)[C@@H](C2)N(C)CC[C@]314. The summed E-state index contributed by atoms with van der Waals surface area (Å²) >= 11 is 0. The van der Waals surface area contributed by atoms with E-state index in [0.717, 1.165) is 36.3 Å². The smallest absolute Gasteiger partial charge is 0.196 e. The van der Waals surface area contributed by atoms with Crippen LogP contribution in [0, 0.1) is 0 Å². The Bertz CT molecular complexity index is 1140. The number of nitrogens with zero attached hydrogens (tertiary/aromatic N) is 1. The van der Waals surface area contributed by atoms with E-state index in [0.29, 0.717) is 12.4 Å². The van der Waals surface area contributed by atoms with Crippen molar-refractivity contribution >= 4 is 11.9 Å². The first-order valence-electron chi connectivity index (χ1n) is 11.3. The van der Waals surface area contributed by atoms with Gasteiger partial charge in [0.2, 0.25) is 0 Å². The third kappa shape index (κ3) is 2.44. The molecule has 2 heterocycles. The molecule has 2 aromatic carbocycles. The first-order valence-corrected chi connectivity index (χ1v) is 11.3. The molecule has 1 fully saturated rings. The molecular weight excluding hydrogens is 402 g/mol. The summed E-state index contributed by atoms with van der Waals surface area (Å²) in [4.78, 5) is 15.5. The van der Waals surface area contributed by atoms with Crippen molar-refractivity contribution in [2.24, 2.45) is 0 Å². The highest BCUT2D eigenvalue weighted by Crippen LogP contribution is 2.64. The summed E-state index contributed by atoms with van der Waals surface area (Å²) in [5.74, 6) is 1.43. The van der Waals surface area contributed by atoms with E-state index in [4.69, 9.17) is 14.2 Å². The van der Waals surface area contributed by atoms with E-state index in [9.17, 15) is 4.79 Å². The van der Waals surface area contributed by atoms with E-state index in [1.807, 2.05) is 30.3 Å². The number of piperidine rings is 1. The highest BCUT2D eigenvalue weighted by Gasteiger charge is 2.72. The number of carbonyl (C=O) groups is 1. The number of methoxy groups -OCH3 is 1. The molecule has 164 valence electrons. The molecule has 1 saturated heterocycles. The van der Waals surface area contributed by atoms with Crippen LogP contribution in [-0.2, 0) is 21.4 Å². The predicted molar refractivity (Wildman–Crippen MR) is 122 cm³/mol. The lowest BCUT2D eigenvalue weighted by atomic mass is 9.50. The third-order valence-electron chi connectivity index (χ3n) is 7.84. The molecule has 2 aliphatic heterocycles. The van der Waals surface area contributed by atoms with Crippen LogP contribution in [0.5, 0.6) is 11.5 Å². The lowest BCUT2D eigenvalue weighted by Gasteiger charge is -2.62. The van der Waals surface area contributed by atoms with Crippen LogP contribution in [-0.4, -0.2) is 55.7 Å². The van der Waals surface area contributed by atoms with Gasteiger partial charge >= 0.3 is 0 Å². The van der Waals surface area contributed by atoms with Crippen LogP contribution in [0.1, 0.15) is 23.1 Å². The van der Waals surface area contributed by atoms with E-state index in [1.165, 1.54) is 5.56 Å². The minimum atomic E-state index is -0.635. The van der Waals surface area contributed by atoms with Crippen LogP contribution >= 0.6 is 0 Å². The topological polar surface area (TPSA) is 48.0 Å². The normalized spacial score (nSPS) is 32.1. The number of hydrogen-bond donors (Lipinski definition) is 0. The first-order chi connectivity index (χ1) is 15.6. The second-order valence-electron chi connectivity index (χ2n) is 9.20. The highest BCUT2D eigenvalue weighted by molar-refractivity contribution is 5.99. The Hall–Kier alpha value is -2.89. The summed E-state index contributed by atoms with van der Waals surface area (Å²) in [5.41, 5.74) is 2.33. The van der Waals surface area contributed by atoms with Crippen molar-refractivity contribution in [2.75, 3.05) is 27.3 Å². The molecule has 4 atom stereocenters. The third-order valence-corrected chi connectivity index (χ3v) is 7.84. The van der Waals surface area contributed by atoms with Gasteiger partial charge in [-0.05, 0) is 55.8 Å². The number of hydrogen-bond acceptors (Lipinski definition) is 5. The van der Waals surface area contributed by atoms with Gasteiger partial charge in [0.15, 0.2) is 23.4 Å². The molecule has 2 aliphatic carbocycles. The molecule has 0 aromatic heterocycles. The molecule has 0 unspecified atom stereocenters. The minimum Gasteiger partial charge on any atom is -0.493 e. The van der Waals surface area contributed by atoms with Crippen LogP contribution in [0.2, 0.25) is 0 Å². The summed E-state index contributed by atoms with van der Waals surface area (Å²) in [6, 6.07) is 14.4. The Balaban J connectivity index is 1.47. The lowest BCUT2D eigenvalue weighted by Crippen LogP contribution is -2.75. The monoisotopic (exact) mass is 429 g/mol. The van der Waals surface area contributed by atoms with Gasteiger partial charge in [-0.15, -0.1) is 0 Å². The zero-order valence-electron chi connectivity index (χ0n) is 18.4.